The molecule has 0 radical (unpaired) electrons. The number of hydrogen-bond acceptors (Lipinski definition) is 6. The van der Waals surface area contributed by atoms with Gasteiger partial charge in [0.2, 0.25) is 5.91 Å². The van der Waals surface area contributed by atoms with Crippen LogP contribution in [0.25, 0.3) is 6.08 Å². The van der Waals surface area contributed by atoms with Gasteiger partial charge in [0.25, 0.3) is 0 Å². The zero-order valence-corrected chi connectivity index (χ0v) is 16.3. The first-order chi connectivity index (χ1) is 14.1. The molecule has 1 amide bonds. The molecule has 0 atom stereocenters. The molecule has 0 spiro atoms. The third-order valence-electron chi connectivity index (χ3n) is 4.56. The first-order valence-corrected chi connectivity index (χ1v) is 9.49. The van der Waals surface area contributed by atoms with Gasteiger partial charge >= 0.3 is 5.97 Å². The Bertz CT molecular complexity index is 904. The smallest absolute Gasteiger partial charge is 0.359 e. The molecule has 3 rings (SSSR count). The van der Waals surface area contributed by atoms with Crippen LogP contribution >= 0.6 is 0 Å². The maximum atomic E-state index is 12.5. The highest BCUT2D eigenvalue weighted by Gasteiger charge is 2.19. The maximum absolute atomic E-state index is 12.5. The van der Waals surface area contributed by atoms with Gasteiger partial charge in [-0.25, -0.2) is 4.79 Å². The number of methoxy groups -OCH3 is 1. The van der Waals surface area contributed by atoms with Crippen LogP contribution in [-0.4, -0.2) is 42.2 Å². The lowest BCUT2D eigenvalue weighted by Gasteiger charge is -2.25. The van der Waals surface area contributed by atoms with Crippen molar-refractivity contribution in [1.82, 2.24) is 5.06 Å². The fourth-order valence-electron chi connectivity index (χ4n) is 3.05. The molecule has 0 bridgehead atoms. The molecule has 2 aromatic carbocycles. The molecule has 7 nitrogen and oxygen atoms in total. The Morgan fingerprint density at radius 1 is 1.10 bits per heavy atom. The highest BCUT2D eigenvalue weighted by atomic mass is 16.7. The molecule has 1 fully saturated rings. The molecule has 0 aromatic heterocycles. The second-order valence-corrected chi connectivity index (χ2v) is 6.67. The van der Waals surface area contributed by atoms with Crippen LogP contribution in [0.15, 0.2) is 48.5 Å². The molecule has 7 heteroatoms. The van der Waals surface area contributed by atoms with E-state index in [1.54, 1.807) is 47.5 Å². The number of para-hydroxylation sites is 1. The van der Waals surface area contributed by atoms with Crippen LogP contribution in [0.4, 0.5) is 5.69 Å². The number of benzene rings is 2. The SMILES string of the molecule is COc1ccc(/C=C/C(=O)Nc2ccccc2C(=O)ON2CCCCC2)cc1O. The van der Waals surface area contributed by atoms with E-state index in [9.17, 15) is 14.7 Å². The summed E-state index contributed by atoms with van der Waals surface area (Å²) in [6.07, 6.45) is 6.02. The Labute approximate surface area is 169 Å². The van der Waals surface area contributed by atoms with E-state index in [1.807, 2.05) is 0 Å². The average Bonchev–Trinajstić information content (AvgIpc) is 2.73. The van der Waals surface area contributed by atoms with Crippen LogP contribution in [0.1, 0.15) is 35.2 Å². The van der Waals surface area contributed by atoms with E-state index in [2.05, 4.69) is 5.32 Å². The number of carbonyl (C=O) groups is 2. The number of amides is 1. The summed E-state index contributed by atoms with van der Waals surface area (Å²) in [6, 6.07) is 11.5. The standard InChI is InChI=1S/C22H24N2O5/c1-28-20-11-9-16(15-19(20)25)10-12-21(26)23-18-8-4-3-7-17(18)22(27)29-24-13-5-2-6-14-24/h3-4,7-12,15,25H,2,5-6,13-14H2,1H3,(H,23,26)/b12-10+. The summed E-state index contributed by atoms with van der Waals surface area (Å²) in [7, 11) is 1.46. The number of hydroxylamine groups is 2. The van der Waals surface area contributed by atoms with Gasteiger partial charge in [0, 0.05) is 19.2 Å². The van der Waals surface area contributed by atoms with E-state index < -0.39 is 11.9 Å². The Kier molecular flexibility index (Phi) is 6.86. The zero-order chi connectivity index (χ0) is 20.6. The summed E-state index contributed by atoms with van der Waals surface area (Å²) in [5, 5.41) is 14.2. The van der Waals surface area contributed by atoms with Crippen LogP contribution in [0.5, 0.6) is 11.5 Å². The van der Waals surface area contributed by atoms with Crippen molar-refractivity contribution in [3.8, 4) is 11.5 Å². The molecular weight excluding hydrogens is 372 g/mol. The van der Waals surface area contributed by atoms with Gasteiger partial charge in [-0.1, -0.05) is 24.6 Å². The number of aromatic hydroxyl groups is 1. The highest BCUT2D eigenvalue weighted by molar-refractivity contribution is 6.06. The quantitative estimate of drug-likeness (QED) is 0.726. The minimum atomic E-state index is -0.494. The summed E-state index contributed by atoms with van der Waals surface area (Å²) in [5.74, 6) is -0.556. The number of phenols is 1. The topological polar surface area (TPSA) is 88.1 Å². The Hall–Kier alpha value is -3.32. The highest BCUT2D eigenvalue weighted by Crippen LogP contribution is 2.26. The van der Waals surface area contributed by atoms with Gasteiger partial charge in [0.1, 0.15) is 0 Å². The molecule has 1 aliphatic rings. The van der Waals surface area contributed by atoms with Gasteiger partial charge in [0.05, 0.1) is 18.4 Å². The number of piperidine rings is 1. The molecule has 1 heterocycles. The van der Waals surface area contributed by atoms with Crippen LogP contribution in [-0.2, 0) is 9.63 Å². The molecular formula is C22H24N2O5. The summed E-state index contributed by atoms with van der Waals surface area (Å²) < 4.78 is 4.99. The number of rotatable bonds is 6. The molecule has 2 N–H and O–H groups in total. The number of ether oxygens (including phenoxy) is 1. The van der Waals surface area contributed by atoms with E-state index in [-0.39, 0.29) is 5.75 Å². The van der Waals surface area contributed by atoms with E-state index in [0.29, 0.717) is 22.6 Å². The van der Waals surface area contributed by atoms with Crippen LogP contribution in [0.2, 0.25) is 0 Å². The maximum Gasteiger partial charge on any atom is 0.359 e. The Morgan fingerprint density at radius 2 is 1.86 bits per heavy atom. The predicted molar refractivity (Wildman–Crippen MR) is 110 cm³/mol. The third kappa shape index (κ3) is 5.58. The van der Waals surface area contributed by atoms with Gasteiger partial charge in [-0.05, 0) is 48.7 Å². The number of phenolic OH excluding ortho intramolecular Hbond substituents is 1. The molecule has 2 aromatic rings. The first kappa shape index (κ1) is 20.4. The lowest BCUT2D eigenvalue weighted by molar-refractivity contribution is -0.119. The number of nitrogens with one attached hydrogen (secondary N) is 1. The van der Waals surface area contributed by atoms with E-state index in [4.69, 9.17) is 9.57 Å². The first-order valence-electron chi connectivity index (χ1n) is 9.49. The fourth-order valence-corrected chi connectivity index (χ4v) is 3.05. The second kappa shape index (κ2) is 9.75. The molecule has 152 valence electrons. The summed E-state index contributed by atoms with van der Waals surface area (Å²) in [6.45, 7) is 1.44. The van der Waals surface area contributed by atoms with Crippen molar-refractivity contribution in [2.45, 2.75) is 19.3 Å². The molecule has 1 aliphatic heterocycles. The summed E-state index contributed by atoms with van der Waals surface area (Å²) in [4.78, 5) is 30.3. The number of carbonyl (C=O) groups excluding carboxylic acids is 2. The van der Waals surface area contributed by atoms with Crippen molar-refractivity contribution < 1.29 is 24.3 Å². The summed E-state index contributed by atoms with van der Waals surface area (Å²) in [5.41, 5.74) is 1.31. The molecule has 0 unspecified atom stereocenters. The minimum Gasteiger partial charge on any atom is -0.504 e. The number of anilines is 1. The zero-order valence-electron chi connectivity index (χ0n) is 16.3. The van der Waals surface area contributed by atoms with Crippen molar-refractivity contribution in [1.29, 1.82) is 0 Å². The van der Waals surface area contributed by atoms with E-state index in [1.165, 1.54) is 19.3 Å². The van der Waals surface area contributed by atoms with Crippen molar-refractivity contribution in [3.63, 3.8) is 0 Å². The van der Waals surface area contributed by atoms with E-state index in [0.717, 1.165) is 32.4 Å². The van der Waals surface area contributed by atoms with Crippen LogP contribution < -0.4 is 10.1 Å². The largest absolute Gasteiger partial charge is 0.504 e. The number of hydrogen-bond donors (Lipinski definition) is 2. The van der Waals surface area contributed by atoms with Gasteiger partial charge < -0.3 is 20.0 Å². The monoisotopic (exact) mass is 396 g/mol. The number of nitrogens with zero attached hydrogens (tertiary/aromatic N) is 1. The Morgan fingerprint density at radius 3 is 2.59 bits per heavy atom. The van der Waals surface area contributed by atoms with E-state index >= 15 is 0 Å². The van der Waals surface area contributed by atoms with Crippen molar-refractivity contribution >= 4 is 23.6 Å². The van der Waals surface area contributed by atoms with Gasteiger partial charge in [0.15, 0.2) is 11.5 Å². The predicted octanol–water partition coefficient (Wildman–Crippen LogP) is 3.61. The van der Waals surface area contributed by atoms with Crippen molar-refractivity contribution in [2.24, 2.45) is 0 Å². The molecule has 0 aliphatic carbocycles. The lowest BCUT2D eigenvalue weighted by atomic mass is 10.1. The van der Waals surface area contributed by atoms with Gasteiger partial charge in [-0.3, -0.25) is 4.79 Å². The normalized spacial score (nSPS) is 14.5. The van der Waals surface area contributed by atoms with Crippen molar-refractivity contribution in [3.05, 3.63) is 59.7 Å². The lowest BCUT2D eigenvalue weighted by Crippen LogP contribution is -2.32. The van der Waals surface area contributed by atoms with Crippen LogP contribution in [0, 0.1) is 0 Å². The second-order valence-electron chi connectivity index (χ2n) is 6.67. The van der Waals surface area contributed by atoms with Gasteiger partial charge in [-0.2, -0.15) is 0 Å². The third-order valence-corrected chi connectivity index (χ3v) is 4.56. The minimum absolute atomic E-state index is 0.0131. The molecule has 0 saturated carbocycles. The van der Waals surface area contributed by atoms with Gasteiger partial charge in [-0.15, -0.1) is 5.06 Å². The average molecular weight is 396 g/mol. The molecule has 1 saturated heterocycles. The summed E-state index contributed by atoms with van der Waals surface area (Å²) >= 11 is 0. The van der Waals surface area contributed by atoms with Crippen LogP contribution in [0.3, 0.4) is 0 Å². The Balaban J connectivity index is 1.65. The molecule has 29 heavy (non-hydrogen) atoms. The fraction of sp³-hybridized carbons (Fsp3) is 0.273. The van der Waals surface area contributed by atoms with Crippen molar-refractivity contribution in [2.75, 3.05) is 25.5 Å².